The number of aliphatic imine (C=N–C) groups is 1. The van der Waals surface area contributed by atoms with E-state index >= 15 is 0 Å². The zero-order valence-electron chi connectivity index (χ0n) is 17.8. The van der Waals surface area contributed by atoms with E-state index in [4.69, 9.17) is 4.99 Å². The van der Waals surface area contributed by atoms with Gasteiger partial charge in [-0.15, -0.1) is 0 Å². The molecule has 5 rings (SSSR count). The minimum atomic E-state index is -0.378. The van der Waals surface area contributed by atoms with E-state index < -0.39 is 0 Å². The summed E-state index contributed by atoms with van der Waals surface area (Å²) in [5.74, 6) is -0.621. The third kappa shape index (κ3) is 3.96. The van der Waals surface area contributed by atoms with Crippen LogP contribution in [0, 0.1) is 5.82 Å². The maximum Gasteiger partial charge on any atom is 0.274 e. The van der Waals surface area contributed by atoms with E-state index in [1.807, 2.05) is 36.2 Å². The van der Waals surface area contributed by atoms with Crippen LogP contribution in [-0.2, 0) is 4.79 Å². The summed E-state index contributed by atoms with van der Waals surface area (Å²) in [5.41, 5.74) is 2.78. The first-order valence-electron chi connectivity index (χ1n) is 10.1. The second-order valence-corrected chi connectivity index (χ2v) is 9.49. The van der Waals surface area contributed by atoms with Crippen molar-refractivity contribution >= 4 is 57.4 Å². The number of fused-ring (bicyclic) bond motifs is 1. The largest absolute Gasteiger partial charge is 0.337 e. The lowest BCUT2D eigenvalue weighted by Gasteiger charge is -2.16. The highest BCUT2D eigenvalue weighted by Gasteiger charge is 2.40. The number of nitrogens with zero attached hydrogens (tertiary/aromatic N) is 3. The first-order valence-corrected chi connectivity index (χ1v) is 11.8. The minimum absolute atomic E-state index is 0.0274. The average molecular weight is 476 g/mol. The Hall–Kier alpha value is -3.36. The van der Waals surface area contributed by atoms with Crippen molar-refractivity contribution in [2.75, 3.05) is 16.8 Å². The van der Waals surface area contributed by atoms with Crippen molar-refractivity contribution in [3.63, 3.8) is 0 Å². The molecule has 3 aromatic rings. The SMILES string of the molecule is CC(=O)c1ccc(N=C2S/C(=C3\Sc4ccccc4N3C)C(=O)N2c2ccc(F)cc2)cc1. The molecule has 33 heavy (non-hydrogen) atoms. The zero-order chi connectivity index (χ0) is 23.1. The predicted octanol–water partition coefficient (Wildman–Crippen LogP) is 6.21. The van der Waals surface area contributed by atoms with E-state index in [0.29, 0.717) is 27.0 Å². The van der Waals surface area contributed by atoms with Crippen LogP contribution >= 0.6 is 23.5 Å². The molecule has 0 atom stereocenters. The van der Waals surface area contributed by atoms with Gasteiger partial charge in [0.15, 0.2) is 11.0 Å². The summed E-state index contributed by atoms with van der Waals surface area (Å²) in [5, 5.41) is 1.30. The van der Waals surface area contributed by atoms with E-state index in [-0.39, 0.29) is 17.5 Å². The van der Waals surface area contributed by atoms with Crippen molar-refractivity contribution < 1.29 is 14.0 Å². The lowest BCUT2D eigenvalue weighted by Crippen LogP contribution is -2.29. The number of hydrogen-bond acceptors (Lipinski definition) is 6. The first kappa shape index (κ1) is 21.5. The Balaban J connectivity index is 1.59. The summed E-state index contributed by atoms with van der Waals surface area (Å²) in [6, 6.07) is 20.7. The van der Waals surface area contributed by atoms with E-state index in [0.717, 1.165) is 15.6 Å². The monoisotopic (exact) mass is 475 g/mol. The number of carbonyl (C=O) groups excluding carboxylic acids is 2. The van der Waals surface area contributed by atoms with Gasteiger partial charge in [-0.25, -0.2) is 9.38 Å². The Morgan fingerprint density at radius 1 is 0.939 bits per heavy atom. The summed E-state index contributed by atoms with van der Waals surface area (Å²) >= 11 is 2.83. The van der Waals surface area contributed by atoms with Crippen LogP contribution < -0.4 is 9.80 Å². The topological polar surface area (TPSA) is 53.0 Å². The van der Waals surface area contributed by atoms with Crippen molar-refractivity contribution in [1.82, 2.24) is 0 Å². The number of amides is 1. The van der Waals surface area contributed by atoms with E-state index in [9.17, 15) is 14.0 Å². The summed E-state index contributed by atoms with van der Waals surface area (Å²) < 4.78 is 13.6. The van der Waals surface area contributed by atoms with Gasteiger partial charge in [-0.05, 0) is 79.3 Å². The number of anilines is 2. The van der Waals surface area contributed by atoms with Crippen molar-refractivity contribution in [2.45, 2.75) is 11.8 Å². The lowest BCUT2D eigenvalue weighted by atomic mass is 10.1. The molecular weight excluding hydrogens is 457 g/mol. The average Bonchev–Trinajstić information content (AvgIpc) is 3.31. The molecule has 0 spiro atoms. The Bertz CT molecular complexity index is 1330. The molecule has 2 heterocycles. The molecule has 164 valence electrons. The maximum atomic E-state index is 13.6. The fourth-order valence-electron chi connectivity index (χ4n) is 3.58. The smallest absolute Gasteiger partial charge is 0.274 e. The van der Waals surface area contributed by atoms with Crippen LogP contribution in [0.4, 0.5) is 21.5 Å². The van der Waals surface area contributed by atoms with Crippen LogP contribution in [0.15, 0.2) is 92.6 Å². The van der Waals surface area contributed by atoms with Crippen LogP contribution in [0.3, 0.4) is 0 Å². The highest BCUT2D eigenvalue weighted by atomic mass is 32.2. The second-order valence-electron chi connectivity index (χ2n) is 7.48. The standard InChI is InChI=1S/C25H18FN3O2S2/c1-15(30)16-7-11-18(12-8-16)27-25-29(19-13-9-17(26)10-14-19)23(31)22(33-25)24-28(2)20-5-3-4-6-21(20)32-24/h3-14H,1-2H3/b24-22-,27-25?. The number of amidine groups is 1. The number of thioether (sulfide) groups is 2. The zero-order valence-corrected chi connectivity index (χ0v) is 19.4. The van der Waals surface area contributed by atoms with Crippen molar-refractivity contribution in [1.29, 1.82) is 0 Å². The minimum Gasteiger partial charge on any atom is -0.337 e. The number of ketones is 1. The molecule has 3 aromatic carbocycles. The Morgan fingerprint density at radius 3 is 2.30 bits per heavy atom. The number of para-hydroxylation sites is 1. The van der Waals surface area contributed by atoms with Crippen molar-refractivity contribution in [2.24, 2.45) is 4.99 Å². The van der Waals surface area contributed by atoms with Gasteiger partial charge >= 0.3 is 0 Å². The van der Waals surface area contributed by atoms with Crippen LogP contribution in [-0.4, -0.2) is 23.9 Å². The highest BCUT2D eigenvalue weighted by Crippen LogP contribution is 2.50. The maximum absolute atomic E-state index is 13.6. The van der Waals surface area contributed by atoms with Gasteiger partial charge in [0.25, 0.3) is 5.91 Å². The van der Waals surface area contributed by atoms with Gasteiger partial charge in [-0.2, -0.15) is 0 Å². The lowest BCUT2D eigenvalue weighted by molar-refractivity contribution is -0.113. The third-order valence-corrected chi connectivity index (χ3v) is 7.69. The molecule has 0 aliphatic carbocycles. The summed E-state index contributed by atoms with van der Waals surface area (Å²) in [4.78, 5) is 35.0. The number of Topliss-reactive ketones (excluding diaryl/α,β-unsaturated/α-hetero) is 1. The van der Waals surface area contributed by atoms with Gasteiger partial charge in [0.05, 0.1) is 22.1 Å². The molecule has 8 heteroatoms. The number of rotatable bonds is 3. The highest BCUT2D eigenvalue weighted by molar-refractivity contribution is 8.20. The van der Waals surface area contributed by atoms with Crippen LogP contribution in [0.25, 0.3) is 0 Å². The van der Waals surface area contributed by atoms with E-state index in [2.05, 4.69) is 0 Å². The Morgan fingerprint density at radius 2 is 1.64 bits per heavy atom. The first-order chi connectivity index (χ1) is 15.9. The van der Waals surface area contributed by atoms with Crippen LogP contribution in [0.5, 0.6) is 0 Å². The molecule has 5 nitrogen and oxygen atoms in total. The van der Waals surface area contributed by atoms with Gasteiger partial charge in [-0.3, -0.25) is 14.5 Å². The van der Waals surface area contributed by atoms with Gasteiger partial charge in [0.2, 0.25) is 0 Å². The number of halogens is 1. The van der Waals surface area contributed by atoms with E-state index in [1.165, 1.54) is 35.7 Å². The molecule has 0 radical (unpaired) electrons. The molecule has 0 unspecified atom stereocenters. The normalized spacial score (nSPS) is 18.9. The van der Waals surface area contributed by atoms with Crippen molar-refractivity contribution in [3.8, 4) is 0 Å². The fraction of sp³-hybridized carbons (Fsp3) is 0.0800. The van der Waals surface area contributed by atoms with E-state index in [1.54, 1.807) is 48.2 Å². The molecule has 2 aliphatic rings. The third-order valence-electron chi connectivity index (χ3n) is 5.30. The predicted molar refractivity (Wildman–Crippen MR) is 133 cm³/mol. The van der Waals surface area contributed by atoms with Gasteiger partial charge in [-0.1, -0.05) is 23.9 Å². The molecule has 0 bridgehead atoms. The Kier molecular flexibility index (Phi) is 5.55. The van der Waals surface area contributed by atoms with Gasteiger partial charge < -0.3 is 4.90 Å². The number of hydrogen-bond donors (Lipinski definition) is 0. The van der Waals surface area contributed by atoms with Crippen LogP contribution in [0.2, 0.25) is 0 Å². The fourth-order valence-corrected chi connectivity index (χ4v) is 5.92. The summed E-state index contributed by atoms with van der Waals surface area (Å²) in [6.07, 6.45) is 0. The molecule has 1 fully saturated rings. The molecule has 1 saturated heterocycles. The molecule has 2 aliphatic heterocycles. The quantitative estimate of drug-likeness (QED) is 0.333. The van der Waals surface area contributed by atoms with Crippen LogP contribution in [0.1, 0.15) is 17.3 Å². The Labute approximate surface area is 199 Å². The molecule has 0 N–H and O–H groups in total. The molecule has 0 aromatic heterocycles. The molecular formula is C25H18FN3O2S2. The summed E-state index contributed by atoms with van der Waals surface area (Å²) in [6.45, 7) is 1.51. The van der Waals surface area contributed by atoms with Gasteiger partial charge in [0, 0.05) is 17.5 Å². The number of benzene rings is 3. The second kappa shape index (κ2) is 8.53. The molecule has 1 amide bonds. The molecule has 0 saturated carbocycles. The van der Waals surface area contributed by atoms with Crippen molar-refractivity contribution in [3.05, 3.63) is 94.1 Å². The summed E-state index contributed by atoms with van der Waals surface area (Å²) in [7, 11) is 1.94. The van der Waals surface area contributed by atoms with Gasteiger partial charge in [0.1, 0.15) is 10.7 Å². The number of carbonyl (C=O) groups is 2.